The third kappa shape index (κ3) is 3.06. The Morgan fingerprint density at radius 2 is 2.00 bits per heavy atom. The molecule has 0 spiro atoms. The van der Waals surface area contributed by atoms with E-state index >= 15 is 0 Å². The van der Waals surface area contributed by atoms with Crippen molar-refractivity contribution < 1.29 is 12.8 Å². The van der Waals surface area contributed by atoms with Crippen molar-refractivity contribution in [3.05, 3.63) is 52.0 Å². The van der Waals surface area contributed by atoms with Gasteiger partial charge in [0, 0.05) is 5.39 Å². The second-order valence-corrected chi connectivity index (χ2v) is 8.99. The zero-order chi connectivity index (χ0) is 15.0. The monoisotopic (exact) mass is 385 g/mol. The van der Waals surface area contributed by atoms with E-state index in [9.17, 15) is 8.42 Å². The Morgan fingerprint density at radius 3 is 2.67 bits per heavy atom. The van der Waals surface area contributed by atoms with Gasteiger partial charge in [-0.15, -0.1) is 11.3 Å². The zero-order valence-corrected chi connectivity index (χ0v) is 14.3. The number of furan rings is 1. The minimum Gasteiger partial charge on any atom is -0.459 e. The number of fused-ring (bicyclic) bond motifs is 1. The molecule has 0 radical (unpaired) electrons. The number of sulfonamides is 1. The largest absolute Gasteiger partial charge is 0.459 e. The summed E-state index contributed by atoms with van der Waals surface area (Å²) in [5, 5.41) is 0.956. The molecule has 0 bridgehead atoms. The van der Waals surface area contributed by atoms with E-state index in [2.05, 4.69) is 20.7 Å². The highest BCUT2D eigenvalue weighted by Gasteiger charge is 2.22. The minimum atomic E-state index is -3.55. The van der Waals surface area contributed by atoms with E-state index < -0.39 is 16.1 Å². The van der Waals surface area contributed by atoms with Gasteiger partial charge in [0.05, 0.1) is 9.83 Å². The molecule has 2 aromatic heterocycles. The molecule has 4 nitrogen and oxygen atoms in total. The fraction of sp³-hybridized carbons (Fsp3) is 0.143. The molecular formula is C14H12BrNO3S2. The molecule has 0 saturated carbocycles. The second-order valence-electron chi connectivity index (χ2n) is 4.59. The van der Waals surface area contributed by atoms with Gasteiger partial charge in [0.15, 0.2) is 0 Å². The molecule has 0 unspecified atom stereocenters. The van der Waals surface area contributed by atoms with Gasteiger partial charge >= 0.3 is 0 Å². The summed E-state index contributed by atoms with van der Waals surface area (Å²) >= 11 is 4.44. The van der Waals surface area contributed by atoms with Gasteiger partial charge in [-0.25, -0.2) is 13.1 Å². The highest BCUT2D eigenvalue weighted by atomic mass is 79.9. The summed E-state index contributed by atoms with van der Waals surface area (Å²) in [7, 11) is -3.55. The summed E-state index contributed by atoms with van der Waals surface area (Å²) in [6.07, 6.45) is 0. The Labute approximate surface area is 135 Å². The van der Waals surface area contributed by atoms with Gasteiger partial charge in [-0.1, -0.05) is 18.2 Å². The second kappa shape index (κ2) is 5.57. The Hall–Kier alpha value is -1.15. The third-order valence-corrected chi connectivity index (χ3v) is 6.67. The van der Waals surface area contributed by atoms with Crippen molar-refractivity contribution in [2.24, 2.45) is 0 Å². The van der Waals surface area contributed by atoms with E-state index in [-0.39, 0.29) is 4.21 Å². The number of benzene rings is 1. The maximum atomic E-state index is 12.3. The van der Waals surface area contributed by atoms with E-state index in [0.29, 0.717) is 5.76 Å². The van der Waals surface area contributed by atoms with Crippen LogP contribution in [0.3, 0.4) is 0 Å². The Bertz CT molecular complexity index is 849. The van der Waals surface area contributed by atoms with Crippen LogP contribution in [0.4, 0.5) is 0 Å². The van der Waals surface area contributed by atoms with Crippen molar-refractivity contribution in [1.29, 1.82) is 0 Å². The molecule has 0 aliphatic heterocycles. The first kappa shape index (κ1) is 14.8. The summed E-state index contributed by atoms with van der Waals surface area (Å²) in [6, 6.07) is 12.3. The van der Waals surface area contributed by atoms with E-state index in [1.807, 2.05) is 30.3 Å². The average Bonchev–Trinajstić information content (AvgIpc) is 3.04. The predicted molar refractivity (Wildman–Crippen MR) is 87.0 cm³/mol. The van der Waals surface area contributed by atoms with Crippen LogP contribution in [0.1, 0.15) is 18.7 Å². The number of rotatable bonds is 4. The zero-order valence-electron chi connectivity index (χ0n) is 11.0. The highest BCUT2D eigenvalue weighted by molar-refractivity contribution is 9.11. The number of para-hydroxylation sites is 1. The molecule has 3 aromatic rings. The average molecular weight is 386 g/mol. The lowest BCUT2D eigenvalue weighted by atomic mass is 10.2. The van der Waals surface area contributed by atoms with Crippen LogP contribution in [0, 0.1) is 0 Å². The molecule has 0 saturated heterocycles. The SMILES string of the molecule is C[C@@H](NS(=O)(=O)c1ccc(Br)s1)c1cc2ccccc2o1. The van der Waals surface area contributed by atoms with Gasteiger partial charge in [-0.05, 0) is 47.1 Å². The van der Waals surface area contributed by atoms with Crippen LogP contribution in [0.25, 0.3) is 11.0 Å². The molecule has 110 valence electrons. The molecule has 1 aromatic carbocycles. The number of halogens is 1. The van der Waals surface area contributed by atoms with Gasteiger partial charge in [0.2, 0.25) is 0 Å². The first-order valence-electron chi connectivity index (χ1n) is 6.22. The van der Waals surface area contributed by atoms with Crippen molar-refractivity contribution in [2.75, 3.05) is 0 Å². The summed E-state index contributed by atoms with van der Waals surface area (Å²) in [6.45, 7) is 1.76. The van der Waals surface area contributed by atoms with Gasteiger partial charge in [0.25, 0.3) is 10.0 Å². The molecule has 0 amide bonds. The molecule has 0 aliphatic carbocycles. The number of hydrogen-bond acceptors (Lipinski definition) is 4. The van der Waals surface area contributed by atoms with Gasteiger partial charge in [-0.2, -0.15) is 0 Å². The molecule has 1 atom stereocenters. The summed E-state index contributed by atoms with van der Waals surface area (Å²) in [5.41, 5.74) is 0.748. The van der Waals surface area contributed by atoms with E-state index in [4.69, 9.17) is 4.42 Å². The van der Waals surface area contributed by atoms with Gasteiger partial charge < -0.3 is 4.42 Å². The van der Waals surface area contributed by atoms with Crippen molar-refractivity contribution in [3.63, 3.8) is 0 Å². The molecule has 7 heteroatoms. The lowest BCUT2D eigenvalue weighted by Gasteiger charge is -2.10. The standard InChI is InChI=1S/C14H12BrNO3S2/c1-9(12-8-10-4-2-3-5-11(10)19-12)16-21(17,18)14-7-6-13(15)20-14/h2-9,16H,1H3/t9-/m1/s1. The summed E-state index contributed by atoms with van der Waals surface area (Å²) in [5.74, 6) is 0.593. The topological polar surface area (TPSA) is 59.3 Å². The van der Waals surface area contributed by atoms with E-state index in [1.54, 1.807) is 19.1 Å². The van der Waals surface area contributed by atoms with Crippen LogP contribution >= 0.6 is 27.3 Å². The molecule has 21 heavy (non-hydrogen) atoms. The van der Waals surface area contributed by atoms with Crippen LogP contribution in [0.5, 0.6) is 0 Å². The fourth-order valence-electron chi connectivity index (χ4n) is 2.01. The fourth-order valence-corrected chi connectivity index (χ4v) is 5.25. The third-order valence-electron chi connectivity index (χ3n) is 3.02. The van der Waals surface area contributed by atoms with Crippen molar-refractivity contribution >= 4 is 48.3 Å². The number of nitrogens with one attached hydrogen (secondary N) is 1. The van der Waals surface area contributed by atoms with Gasteiger partial charge in [-0.3, -0.25) is 0 Å². The molecule has 2 heterocycles. The van der Waals surface area contributed by atoms with Crippen molar-refractivity contribution in [1.82, 2.24) is 4.72 Å². The predicted octanol–water partition coefficient (Wildman–Crippen LogP) is 4.30. The Morgan fingerprint density at radius 1 is 1.24 bits per heavy atom. The van der Waals surface area contributed by atoms with Crippen LogP contribution in [0.2, 0.25) is 0 Å². The summed E-state index contributed by atoms with van der Waals surface area (Å²) in [4.78, 5) is 0. The first-order chi connectivity index (χ1) is 9.95. The molecular weight excluding hydrogens is 374 g/mol. The molecule has 0 aliphatic rings. The van der Waals surface area contributed by atoms with E-state index in [0.717, 1.165) is 14.8 Å². The van der Waals surface area contributed by atoms with Gasteiger partial charge in [0.1, 0.15) is 15.6 Å². The van der Waals surface area contributed by atoms with Crippen LogP contribution in [-0.4, -0.2) is 8.42 Å². The lowest BCUT2D eigenvalue weighted by Crippen LogP contribution is -2.25. The first-order valence-corrected chi connectivity index (χ1v) is 9.31. The van der Waals surface area contributed by atoms with Crippen LogP contribution < -0.4 is 4.72 Å². The smallest absolute Gasteiger partial charge is 0.250 e. The normalized spacial score (nSPS) is 13.6. The Kier molecular flexibility index (Phi) is 3.92. The van der Waals surface area contributed by atoms with Crippen molar-refractivity contribution in [3.8, 4) is 0 Å². The maximum Gasteiger partial charge on any atom is 0.250 e. The molecule has 3 rings (SSSR count). The minimum absolute atomic E-state index is 0.275. The van der Waals surface area contributed by atoms with E-state index in [1.165, 1.54) is 11.3 Å². The summed E-state index contributed by atoms with van der Waals surface area (Å²) < 4.78 is 33.9. The quantitative estimate of drug-likeness (QED) is 0.728. The van der Waals surface area contributed by atoms with Crippen LogP contribution in [0.15, 0.2) is 54.9 Å². The molecule has 0 fully saturated rings. The number of hydrogen-bond donors (Lipinski definition) is 1. The lowest BCUT2D eigenvalue weighted by molar-refractivity contribution is 0.485. The maximum absolute atomic E-state index is 12.3. The molecule has 1 N–H and O–H groups in total. The van der Waals surface area contributed by atoms with Crippen molar-refractivity contribution in [2.45, 2.75) is 17.2 Å². The highest BCUT2D eigenvalue weighted by Crippen LogP contribution is 2.28. The van der Waals surface area contributed by atoms with Crippen LogP contribution in [-0.2, 0) is 10.0 Å². The Balaban J connectivity index is 1.87. The number of thiophene rings is 1.